The van der Waals surface area contributed by atoms with Gasteiger partial charge in [0.1, 0.15) is 0 Å². The molecule has 0 amide bonds. The average molecular weight is 131 g/mol. The van der Waals surface area contributed by atoms with Crippen LogP contribution in [0.5, 0.6) is 0 Å². The standard InChI is InChI=1S/C6H13NO2/c1-4-2-5(7)3-6(8)9-4/h4-6,8H,2-3,7H2,1H3/t4-,5+,6?/m0/s1. The minimum Gasteiger partial charge on any atom is -0.368 e. The lowest BCUT2D eigenvalue weighted by Gasteiger charge is -2.28. The maximum Gasteiger partial charge on any atom is 0.156 e. The fourth-order valence-corrected chi connectivity index (χ4v) is 1.16. The van der Waals surface area contributed by atoms with Gasteiger partial charge in [-0.3, -0.25) is 0 Å². The molecule has 1 rings (SSSR count). The Morgan fingerprint density at radius 3 is 2.67 bits per heavy atom. The fraction of sp³-hybridized carbons (Fsp3) is 1.00. The van der Waals surface area contributed by atoms with E-state index in [1.165, 1.54) is 0 Å². The van der Waals surface area contributed by atoms with Crippen molar-refractivity contribution in [3.8, 4) is 0 Å². The molecule has 1 aliphatic rings. The van der Waals surface area contributed by atoms with Gasteiger partial charge in [0.05, 0.1) is 6.10 Å². The highest BCUT2D eigenvalue weighted by atomic mass is 16.6. The Morgan fingerprint density at radius 1 is 1.56 bits per heavy atom. The van der Waals surface area contributed by atoms with E-state index in [0.717, 1.165) is 6.42 Å². The van der Waals surface area contributed by atoms with Gasteiger partial charge in [-0.2, -0.15) is 0 Å². The van der Waals surface area contributed by atoms with Crippen LogP contribution in [0.25, 0.3) is 0 Å². The number of aliphatic hydroxyl groups is 1. The van der Waals surface area contributed by atoms with Crippen molar-refractivity contribution in [2.45, 2.75) is 38.2 Å². The van der Waals surface area contributed by atoms with E-state index < -0.39 is 6.29 Å². The Morgan fingerprint density at radius 2 is 2.22 bits per heavy atom. The topological polar surface area (TPSA) is 55.5 Å². The third kappa shape index (κ3) is 1.93. The maximum absolute atomic E-state index is 8.95. The first kappa shape index (κ1) is 6.99. The van der Waals surface area contributed by atoms with Crippen LogP contribution in [0.2, 0.25) is 0 Å². The fourth-order valence-electron chi connectivity index (χ4n) is 1.16. The third-order valence-corrected chi connectivity index (χ3v) is 1.53. The molecule has 0 radical (unpaired) electrons. The highest BCUT2D eigenvalue weighted by Gasteiger charge is 2.22. The summed E-state index contributed by atoms with van der Waals surface area (Å²) in [7, 11) is 0. The predicted molar refractivity (Wildman–Crippen MR) is 33.8 cm³/mol. The van der Waals surface area contributed by atoms with Crippen LogP contribution in [0.4, 0.5) is 0 Å². The van der Waals surface area contributed by atoms with E-state index >= 15 is 0 Å². The smallest absolute Gasteiger partial charge is 0.156 e. The molecule has 3 nitrogen and oxygen atoms in total. The molecule has 0 aromatic carbocycles. The van der Waals surface area contributed by atoms with Crippen molar-refractivity contribution in [3.63, 3.8) is 0 Å². The molecule has 54 valence electrons. The van der Waals surface area contributed by atoms with Crippen molar-refractivity contribution in [2.24, 2.45) is 5.73 Å². The van der Waals surface area contributed by atoms with Crippen LogP contribution in [0.3, 0.4) is 0 Å². The summed E-state index contributed by atoms with van der Waals surface area (Å²) >= 11 is 0. The second-order valence-corrected chi connectivity index (χ2v) is 2.63. The van der Waals surface area contributed by atoms with Gasteiger partial charge in [0.2, 0.25) is 0 Å². The van der Waals surface area contributed by atoms with E-state index in [1.807, 2.05) is 6.92 Å². The second-order valence-electron chi connectivity index (χ2n) is 2.63. The first-order valence-corrected chi connectivity index (χ1v) is 3.27. The molecule has 1 unspecified atom stereocenters. The molecule has 0 aromatic rings. The highest BCUT2D eigenvalue weighted by Crippen LogP contribution is 2.15. The lowest BCUT2D eigenvalue weighted by atomic mass is 10.0. The van der Waals surface area contributed by atoms with Gasteiger partial charge < -0.3 is 15.6 Å². The molecular weight excluding hydrogens is 118 g/mol. The van der Waals surface area contributed by atoms with Gasteiger partial charge in [0.15, 0.2) is 6.29 Å². The summed E-state index contributed by atoms with van der Waals surface area (Å²) in [6, 6.07) is 0.115. The van der Waals surface area contributed by atoms with E-state index in [2.05, 4.69) is 0 Å². The van der Waals surface area contributed by atoms with Crippen LogP contribution < -0.4 is 5.73 Å². The number of hydrogen-bond donors (Lipinski definition) is 2. The molecule has 0 saturated carbocycles. The predicted octanol–water partition coefficient (Wildman–Crippen LogP) is -0.169. The molecule has 1 heterocycles. The monoisotopic (exact) mass is 131 g/mol. The van der Waals surface area contributed by atoms with Crippen molar-refractivity contribution < 1.29 is 9.84 Å². The van der Waals surface area contributed by atoms with Crippen LogP contribution in [0, 0.1) is 0 Å². The summed E-state index contributed by atoms with van der Waals surface area (Å²) in [5.74, 6) is 0. The Kier molecular flexibility index (Phi) is 2.05. The number of aliphatic hydroxyl groups excluding tert-OH is 1. The van der Waals surface area contributed by atoms with E-state index in [1.54, 1.807) is 0 Å². The normalized spacial score (nSPS) is 45.0. The number of rotatable bonds is 0. The first-order valence-electron chi connectivity index (χ1n) is 3.27. The molecule has 1 fully saturated rings. The summed E-state index contributed by atoms with van der Waals surface area (Å²) in [6.45, 7) is 1.92. The van der Waals surface area contributed by atoms with E-state index in [-0.39, 0.29) is 12.1 Å². The molecule has 0 aromatic heterocycles. The summed E-state index contributed by atoms with van der Waals surface area (Å²) in [6.07, 6.45) is 0.911. The summed E-state index contributed by atoms with van der Waals surface area (Å²) in [4.78, 5) is 0. The van der Waals surface area contributed by atoms with Gasteiger partial charge in [-0.1, -0.05) is 0 Å². The summed E-state index contributed by atoms with van der Waals surface area (Å²) < 4.78 is 5.03. The summed E-state index contributed by atoms with van der Waals surface area (Å²) in [5, 5.41) is 8.95. The van der Waals surface area contributed by atoms with Gasteiger partial charge in [0.25, 0.3) is 0 Å². The van der Waals surface area contributed by atoms with Crippen LogP contribution >= 0.6 is 0 Å². The minimum atomic E-state index is -0.635. The Hall–Kier alpha value is -0.120. The molecule has 1 aliphatic heterocycles. The Balaban J connectivity index is 2.34. The third-order valence-electron chi connectivity index (χ3n) is 1.53. The number of nitrogens with two attached hydrogens (primary N) is 1. The average Bonchev–Trinajstić information content (AvgIpc) is 1.59. The summed E-state index contributed by atoms with van der Waals surface area (Å²) in [5.41, 5.74) is 5.58. The molecule has 3 atom stereocenters. The maximum atomic E-state index is 8.95. The lowest BCUT2D eigenvalue weighted by molar-refractivity contribution is -0.161. The van der Waals surface area contributed by atoms with Crippen molar-refractivity contribution >= 4 is 0 Å². The Labute approximate surface area is 54.8 Å². The van der Waals surface area contributed by atoms with Gasteiger partial charge in [-0.05, 0) is 13.3 Å². The van der Waals surface area contributed by atoms with Crippen molar-refractivity contribution in [2.75, 3.05) is 0 Å². The first-order chi connectivity index (χ1) is 4.18. The van der Waals surface area contributed by atoms with Crippen molar-refractivity contribution in [3.05, 3.63) is 0 Å². The number of ether oxygens (including phenoxy) is 1. The van der Waals surface area contributed by atoms with Crippen LogP contribution in [0.15, 0.2) is 0 Å². The molecule has 3 N–H and O–H groups in total. The molecule has 0 spiro atoms. The SMILES string of the molecule is C[C@H]1C[C@@H](N)CC(O)O1. The van der Waals surface area contributed by atoms with Crippen LogP contribution in [0.1, 0.15) is 19.8 Å². The Bertz CT molecular complexity index is 72.0. The lowest BCUT2D eigenvalue weighted by Crippen LogP contribution is -2.38. The molecule has 0 aliphatic carbocycles. The molecule has 1 saturated heterocycles. The number of hydrogen-bond acceptors (Lipinski definition) is 3. The zero-order chi connectivity index (χ0) is 6.85. The highest BCUT2D eigenvalue weighted by molar-refractivity contribution is 4.72. The zero-order valence-corrected chi connectivity index (χ0v) is 5.58. The van der Waals surface area contributed by atoms with E-state index in [9.17, 15) is 0 Å². The quantitative estimate of drug-likeness (QED) is 0.480. The molecule has 0 bridgehead atoms. The molecule has 3 heteroatoms. The molecular formula is C6H13NO2. The second kappa shape index (κ2) is 2.64. The van der Waals surface area contributed by atoms with Crippen molar-refractivity contribution in [1.29, 1.82) is 0 Å². The van der Waals surface area contributed by atoms with Gasteiger partial charge in [-0.15, -0.1) is 0 Å². The zero-order valence-electron chi connectivity index (χ0n) is 5.58. The van der Waals surface area contributed by atoms with Crippen LogP contribution in [-0.4, -0.2) is 23.5 Å². The van der Waals surface area contributed by atoms with Crippen LogP contribution in [-0.2, 0) is 4.74 Å². The molecule has 9 heavy (non-hydrogen) atoms. The van der Waals surface area contributed by atoms with Gasteiger partial charge >= 0.3 is 0 Å². The largest absolute Gasteiger partial charge is 0.368 e. The van der Waals surface area contributed by atoms with Crippen molar-refractivity contribution in [1.82, 2.24) is 0 Å². The van der Waals surface area contributed by atoms with Gasteiger partial charge in [0, 0.05) is 12.5 Å². The van der Waals surface area contributed by atoms with E-state index in [4.69, 9.17) is 15.6 Å². The van der Waals surface area contributed by atoms with E-state index in [0.29, 0.717) is 6.42 Å². The minimum absolute atomic E-state index is 0.115. The van der Waals surface area contributed by atoms with Gasteiger partial charge in [-0.25, -0.2) is 0 Å².